The molecular weight excluding hydrogens is 286 g/mol. The molecule has 1 heterocycles. The fourth-order valence-corrected chi connectivity index (χ4v) is 3.90. The molecule has 4 heteroatoms. The number of amides is 1. The Balaban J connectivity index is 1.51. The number of carbonyl (C=O) groups is 1. The summed E-state index contributed by atoms with van der Waals surface area (Å²) in [5.74, 6) is 0.844. The second-order valence-corrected chi connectivity index (χ2v) is 7.37. The maximum atomic E-state index is 11.9. The summed E-state index contributed by atoms with van der Waals surface area (Å²) < 4.78 is 0. The van der Waals surface area contributed by atoms with Crippen LogP contribution >= 0.6 is 0 Å². The summed E-state index contributed by atoms with van der Waals surface area (Å²) in [5.41, 5.74) is 1.11. The summed E-state index contributed by atoms with van der Waals surface area (Å²) in [6, 6.07) is 10.7. The summed E-state index contributed by atoms with van der Waals surface area (Å²) in [6.07, 6.45) is 7.11. The van der Waals surface area contributed by atoms with Crippen LogP contribution in [-0.4, -0.2) is 10.9 Å². The van der Waals surface area contributed by atoms with Crippen molar-refractivity contribution in [3.63, 3.8) is 0 Å². The van der Waals surface area contributed by atoms with Gasteiger partial charge >= 0.3 is 0 Å². The van der Waals surface area contributed by atoms with E-state index in [1.54, 1.807) is 6.20 Å². The number of hydrogen-bond acceptors (Lipinski definition) is 3. The summed E-state index contributed by atoms with van der Waals surface area (Å²) in [5, 5.41) is 14.7. The minimum absolute atomic E-state index is 0.0700. The van der Waals surface area contributed by atoms with Crippen LogP contribution in [0.2, 0.25) is 0 Å². The Morgan fingerprint density at radius 2 is 2.09 bits per heavy atom. The van der Waals surface area contributed by atoms with Crippen molar-refractivity contribution in [1.82, 2.24) is 4.98 Å². The minimum Gasteiger partial charge on any atom is -0.310 e. The van der Waals surface area contributed by atoms with Gasteiger partial charge in [-0.2, -0.15) is 5.26 Å². The maximum Gasteiger partial charge on any atom is 0.228 e. The van der Waals surface area contributed by atoms with Crippen molar-refractivity contribution in [3.05, 3.63) is 36.0 Å². The molecule has 3 aliphatic carbocycles. The molecule has 0 saturated heterocycles. The van der Waals surface area contributed by atoms with Crippen molar-refractivity contribution < 1.29 is 4.79 Å². The van der Waals surface area contributed by atoms with Gasteiger partial charge < -0.3 is 5.32 Å². The number of anilines is 1. The third kappa shape index (κ3) is 1.83. The first-order valence-corrected chi connectivity index (χ1v) is 8.28. The van der Waals surface area contributed by atoms with Crippen molar-refractivity contribution in [1.29, 1.82) is 5.26 Å². The Kier molecular flexibility index (Phi) is 2.33. The van der Waals surface area contributed by atoms with Crippen molar-refractivity contribution >= 4 is 22.5 Å². The van der Waals surface area contributed by atoms with Gasteiger partial charge in [-0.3, -0.25) is 4.79 Å². The number of benzene rings is 1. The van der Waals surface area contributed by atoms with E-state index in [2.05, 4.69) is 28.5 Å². The third-order valence-corrected chi connectivity index (χ3v) is 5.84. The monoisotopic (exact) mass is 303 g/mol. The summed E-state index contributed by atoms with van der Waals surface area (Å²) in [4.78, 5) is 16.2. The smallest absolute Gasteiger partial charge is 0.228 e. The number of nitrogens with zero attached hydrogens (tertiary/aromatic N) is 2. The summed E-state index contributed by atoms with van der Waals surface area (Å²) in [6.45, 7) is 0. The van der Waals surface area contributed by atoms with Gasteiger partial charge in [0.25, 0.3) is 0 Å². The molecule has 1 aromatic carbocycles. The Labute approximate surface area is 134 Å². The lowest BCUT2D eigenvalue weighted by Gasteiger charge is -2.11. The fraction of sp³-hybridized carbons (Fsp3) is 0.421. The Morgan fingerprint density at radius 3 is 2.74 bits per heavy atom. The molecule has 1 N–H and O–H groups in total. The number of nitrogens with one attached hydrogen (secondary N) is 1. The zero-order chi connectivity index (χ0) is 15.7. The molecule has 3 saturated carbocycles. The van der Waals surface area contributed by atoms with Gasteiger partial charge in [0, 0.05) is 17.5 Å². The highest BCUT2D eigenvalue weighted by Crippen LogP contribution is 2.78. The van der Waals surface area contributed by atoms with Crippen LogP contribution in [0, 0.1) is 22.7 Å². The highest BCUT2D eigenvalue weighted by atomic mass is 16.2. The van der Waals surface area contributed by atoms with Crippen molar-refractivity contribution in [3.8, 4) is 6.07 Å². The van der Waals surface area contributed by atoms with Crippen LogP contribution in [0.15, 0.2) is 30.5 Å². The number of aromatic nitrogens is 1. The van der Waals surface area contributed by atoms with Gasteiger partial charge in [-0.15, -0.1) is 0 Å². The van der Waals surface area contributed by atoms with E-state index in [0.717, 1.165) is 35.6 Å². The molecule has 2 aromatic rings. The van der Waals surface area contributed by atoms with Gasteiger partial charge in [0.1, 0.15) is 5.82 Å². The molecule has 0 bridgehead atoms. The molecule has 1 spiro atoms. The van der Waals surface area contributed by atoms with E-state index in [1.165, 1.54) is 12.8 Å². The average Bonchev–Trinajstić information content (AvgIpc) is 3.43. The second-order valence-electron chi connectivity index (χ2n) is 7.37. The highest BCUT2D eigenvalue weighted by Gasteiger charge is 2.75. The summed E-state index contributed by atoms with van der Waals surface area (Å²) >= 11 is 0. The second kappa shape index (κ2) is 4.11. The summed E-state index contributed by atoms with van der Waals surface area (Å²) in [7, 11) is 0. The van der Waals surface area contributed by atoms with Gasteiger partial charge in [0.15, 0.2) is 0 Å². The number of hydrogen-bond donors (Lipinski definition) is 1. The lowest BCUT2D eigenvalue weighted by molar-refractivity contribution is -0.117. The number of rotatable bonds is 3. The van der Waals surface area contributed by atoms with Crippen molar-refractivity contribution in [2.24, 2.45) is 11.3 Å². The Hall–Kier alpha value is -2.41. The molecule has 4 nitrogen and oxygen atoms in total. The predicted octanol–water partition coefficient (Wildman–Crippen LogP) is 3.53. The van der Waals surface area contributed by atoms with Gasteiger partial charge in [0.05, 0.1) is 11.5 Å². The van der Waals surface area contributed by atoms with Crippen molar-refractivity contribution in [2.45, 2.75) is 37.5 Å². The molecule has 1 amide bonds. The van der Waals surface area contributed by atoms with E-state index in [4.69, 9.17) is 0 Å². The molecular formula is C19H17N3O. The Bertz CT molecular complexity index is 889. The molecule has 1 unspecified atom stereocenters. The van der Waals surface area contributed by atoms with Crippen LogP contribution in [0.4, 0.5) is 5.82 Å². The van der Waals surface area contributed by atoms with Crippen LogP contribution in [0.5, 0.6) is 0 Å². The zero-order valence-electron chi connectivity index (χ0n) is 12.8. The number of fused-ring (bicyclic) bond motifs is 1. The van der Waals surface area contributed by atoms with E-state index < -0.39 is 0 Å². The largest absolute Gasteiger partial charge is 0.310 e. The first kappa shape index (κ1) is 13.1. The van der Waals surface area contributed by atoms with Crippen LogP contribution in [0.1, 0.15) is 37.7 Å². The van der Waals surface area contributed by atoms with Gasteiger partial charge in [-0.25, -0.2) is 4.98 Å². The number of carbonyl (C=O) groups excluding carboxylic acids is 1. The lowest BCUT2D eigenvalue weighted by Crippen LogP contribution is -2.14. The van der Waals surface area contributed by atoms with E-state index in [0.29, 0.717) is 5.82 Å². The maximum absolute atomic E-state index is 11.9. The highest BCUT2D eigenvalue weighted by molar-refractivity contribution is 5.95. The van der Waals surface area contributed by atoms with E-state index in [-0.39, 0.29) is 22.7 Å². The van der Waals surface area contributed by atoms with Gasteiger partial charge in [-0.05, 0) is 60.6 Å². The first-order valence-electron chi connectivity index (χ1n) is 8.28. The van der Waals surface area contributed by atoms with Crippen LogP contribution < -0.4 is 5.32 Å². The molecule has 5 rings (SSSR count). The average molecular weight is 303 g/mol. The topological polar surface area (TPSA) is 65.8 Å². The molecule has 3 fully saturated rings. The normalized spacial score (nSPS) is 26.7. The third-order valence-electron chi connectivity index (χ3n) is 5.84. The van der Waals surface area contributed by atoms with Gasteiger partial charge in [-0.1, -0.05) is 12.1 Å². The number of nitriles is 1. The SMILES string of the molecule is N#CC1(c2ccc3cnc(NC(=O)C4CC4)cc3c2)CC12CC2. The minimum atomic E-state index is -0.276. The van der Waals surface area contributed by atoms with Crippen molar-refractivity contribution in [2.75, 3.05) is 5.32 Å². The molecule has 3 aliphatic rings. The molecule has 1 atom stereocenters. The molecule has 23 heavy (non-hydrogen) atoms. The molecule has 114 valence electrons. The molecule has 1 aromatic heterocycles. The molecule has 0 radical (unpaired) electrons. The Morgan fingerprint density at radius 1 is 1.26 bits per heavy atom. The first-order chi connectivity index (χ1) is 11.2. The fourth-order valence-electron chi connectivity index (χ4n) is 3.90. The number of pyridine rings is 1. The van der Waals surface area contributed by atoms with E-state index in [9.17, 15) is 10.1 Å². The quantitative estimate of drug-likeness (QED) is 0.943. The predicted molar refractivity (Wildman–Crippen MR) is 86.7 cm³/mol. The van der Waals surface area contributed by atoms with E-state index >= 15 is 0 Å². The van der Waals surface area contributed by atoms with E-state index in [1.807, 2.05) is 12.1 Å². The van der Waals surface area contributed by atoms with Crippen LogP contribution in [0.25, 0.3) is 10.8 Å². The van der Waals surface area contributed by atoms with Crippen LogP contribution in [-0.2, 0) is 10.2 Å². The van der Waals surface area contributed by atoms with Gasteiger partial charge in [0.2, 0.25) is 5.91 Å². The zero-order valence-corrected chi connectivity index (χ0v) is 12.8. The lowest BCUT2D eigenvalue weighted by atomic mass is 9.92. The standard InChI is InChI=1S/C19H17N3O/c20-11-19(10-18(19)5-6-18)15-4-3-13-9-21-16(8-14(13)7-15)22-17(23)12-1-2-12/h3-4,7-9,12H,1-2,5-6,10H2,(H,21,22,23). The van der Waals surface area contributed by atoms with Crippen LogP contribution in [0.3, 0.4) is 0 Å². The molecule has 0 aliphatic heterocycles.